The molecule has 1 aromatic rings. The van der Waals surface area contributed by atoms with Crippen molar-refractivity contribution < 1.29 is 9.47 Å². The van der Waals surface area contributed by atoms with Crippen molar-refractivity contribution >= 4 is 5.69 Å². The highest BCUT2D eigenvalue weighted by Crippen LogP contribution is 2.10. The molecule has 0 amide bonds. The summed E-state index contributed by atoms with van der Waals surface area (Å²) in [5, 5.41) is 11.8. The van der Waals surface area contributed by atoms with Gasteiger partial charge in [0.1, 0.15) is 6.07 Å². The van der Waals surface area contributed by atoms with Crippen molar-refractivity contribution in [1.82, 2.24) is 4.98 Å². The number of hydrogen-bond acceptors (Lipinski definition) is 5. The molecule has 0 aliphatic heterocycles. The van der Waals surface area contributed by atoms with Gasteiger partial charge in [0, 0.05) is 20.4 Å². The zero-order valence-corrected chi connectivity index (χ0v) is 8.73. The second-order valence-electron chi connectivity index (χ2n) is 2.79. The van der Waals surface area contributed by atoms with Crippen molar-refractivity contribution in [3.8, 4) is 6.07 Å². The lowest BCUT2D eigenvalue weighted by Gasteiger charge is -2.14. The van der Waals surface area contributed by atoms with Gasteiger partial charge < -0.3 is 14.8 Å². The van der Waals surface area contributed by atoms with Crippen LogP contribution in [-0.4, -0.2) is 32.0 Å². The maximum absolute atomic E-state index is 8.78. The molecule has 0 spiro atoms. The quantitative estimate of drug-likeness (QED) is 0.729. The van der Waals surface area contributed by atoms with Crippen LogP contribution in [0.5, 0.6) is 0 Å². The predicted octanol–water partition coefficient (Wildman–Crippen LogP) is 0.984. The molecule has 15 heavy (non-hydrogen) atoms. The minimum atomic E-state index is -0.336. The Bertz CT molecular complexity index is 345. The van der Waals surface area contributed by atoms with Crippen LogP contribution in [0.25, 0.3) is 0 Å². The van der Waals surface area contributed by atoms with E-state index < -0.39 is 0 Å². The van der Waals surface area contributed by atoms with Crippen LogP contribution in [0.3, 0.4) is 0 Å². The van der Waals surface area contributed by atoms with Gasteiger partial charge in [-0.2, -0.15) is 5.26 Å². The van der Waals surface area contributed by atoms with Gasteiger partial charge in [-0.25, -0.2) is 4.98 Å². The Balaban J connectivity index is 2.61. The van der Waals surface area contributed by atoms with Gasteiger partial charge in [0.25, 0.3) is 0 Å². The Morgan fingerprint density at radius 3 is 2.87 bits per heavy atom. The molecule has 5 heteroatoms. The average molecular weight is 207 g/mol. The number of rotatable bonds is 5. The lowest BCUT2D eigenvalue weighted by atomic mass is 10.3. The number of hydrogen-bond donors (Lipinski definition) is 1. The highest BCUT2D eigenvalue weighted by Gasteiger charge is 2.06. The molecule has 0 radical (unpaired) electrons. The standard InChI is InChI=1S/C10H13N3O2/c1-14-10(15-2)7-13-8-4-3-5-12-9(8)6-11/h3-5,10,13H,7H2,1-2H3. The molecule has 0 fully saturated rings. The smallest absolute Gasteiger partial charge is 0.173 e. The largest absolute Gasteiger partial charge is 0.378 e. The fourth-order valence-corrected chi connectivity index (χ4v) is 1.09. The molecule has 0 saturated carbocycles. The zero-order valence-electron chi connectivity index (χ0n) is 8.73. The first-order chi connectivity index (χ1) is 7.31. The first-order valence-corrected chi connectivity index (χ1v) is 4.46. The van der Waals surface area contributed by atoms with Crippen molar-refractivity contribution in [2.24, 2.45) is 0 Å². The highest BCUT2D eigenvalue weighted by atomic mass is 16.7. The summed E-state index contributed by atoms with van der Waals surface area (Å²) in [4.78, 5) is 3.92. The van der Waals surface area contributed by atoms with E-state index in [9.17, 15) is 0 Å². The minimum absolute atomic E-state index is 0.336. The lowest BCUT2D eigenvalue weighted by Crippen LogP contribution is -2.24. The van der Waals surface area contributed by atoms with Gasteiger partial charge in [0.2, 0.25) is 0 Å². The minimum Gasteiger partial charge on any atom is -0.378 e. The number of aromatic nitrogens is 1. The number of nitrogens with one attached hydrogen (secondary N) is 1. The first-order valence-electron chi connectivity index (χ1n) is 4.46. The van der Waals surface area contributed by atoms with Crippen LogP contribution < -0.4 is 5.32 Å². The third-order valence-electron chi connectivity index (χ3n) is 1.90. The van der Waals surface area contributed by atoms with Gasteiger partial charge in [-0.05, 0) is 12.1 Å². The average Bonchev–Trinajstić information content (AvgIpc) is 2.31. The molecule has 0 aromatic carbocycles. The SMILES string of the molecule is COC(CNc1cccnc1C#N)OC. The summed E-state index contributed by atoms with van der Waals surface area (Å²) in [7, 11) is 3.12. The van der Waals surface area contributed by atoms with E-state index in [4.69, 9.17) is 14.7 Å². The van der Waals surface area contributed by atoms with E-state index in [2.05, 4.69) is 10.3 Å². The molecular weight excluding hydrogens is 194 g/mol. The molecule has 1 heterocycles. The van der Waals surface area contributed by atoms with Crippen molar-refractivity contribution in [1.29, 1.82) is 5.26 Å². The fraction of sp³-hybridized carbons (Fsp3) is 0.400. The second-order valence-corrected chi connectivity index (χ2v) is 2.79. The van der Waals surface area contributed by atoms with Crippen molar-refractivity contribution in [3.05, 3.63) is 24.0 Å². The van der Waals surface area contributed by atoms with Crippen LogP contribution in [0.1, 0.15) is 5.69 Å². The molecule has 0 unspecified atom stereocenters. The van der Waals surface area contributed by atoms with Gasteiger partial charge >= 0.3 is 0 Å². The Morgan fingerprint density at radius 1 is 1.53 bits per heavy atom. The third kappa shape index (κ3) is 3.20. The van der Waals surface area contributed by atoms with Crippen LogP contribution in [0.2, 0.25) is 0 Å². The van der Waals surface area contributed by atoms with Crippen molar-refractivity contribution in [2.45, 2.75) is 6.29 Å². The Labute approximate surface area is 88.6 Å². The lowest BCUT2D eigenvalue weighted by molar-refractivity contribution is -0.0914. The zero-order chi connectivity index (χ0) is 11.1. The van der Waals surface area contributed by atoms with Crippen LogP contribution in [-0.2, 0) is 9.47 Å². The summed E-state index contributed by atoms with van der Waals surface area (Å²) in [6.07, 6.45) is 1.24. The number of anilines is 1. The monoisotopic (exact) mass is 207 g/mol. The highest BCUT2D eigenvalue weighted by molar-refractivity contribution is 5.53. The summed E-state index contributed by atoms with van der Waals surface area (Å²) < 4.78 is 10.0. The molecule has 1 N–H and O–H groups in total. The molecule has 0 atom stereocenters. The summed E-state index contributed by atoms with van der Waals surface area (Å²) in [6.45, 7) is 0.466. The van der Waals surface area contributed by atoms with Gasteiger partial charge in [0.05, 0.1) is 12.2 Å². The van der Waals surface area contributed by atoms with E-state index in [0.29, 0.717) is 17.9 Å². The van der Waals surface area contributed by atoms with E-state index in [1.165, 1.54) is 0 Å². The summed E-state index contributed by atoms with van der Waals surface area (Å²) >= 11 is 0. The van der Waals surface area contributed by atoms with Gasteiger partial charge in [-0.3, -0.25) is 0 Å². The van der Waals surface area contributed by atoms with Crippen LogP contribution in [0.15, 0.2) is 18.3 Å². The molecule has 0 aliphatic carbocycles. The van der Waals surface area contributed by atoms with Crippen molar-refractivity contribution in [3.63, 3.8) is 0 Å². The number of ether oxygens (including phenoxy) is 2. The Hall–Kier alpha value is -1.64. The summed E-state index contributed by atoms with van der Waals surface area (Å²) in [5.41, 5.74) is 1.04. The number of nitriles is 1. The summed E-state index contributed by atoms with van der Waals surface area (Å²) in [5.74, 6) is 0. The molecule has 0 aliphatic rings. The molecule has 1 aromatic heterocycles. The number of methoxy groups -OCH3 is 2. The molecule has 1 rings (SSSR count). The molecule has 0 bridgehead atoms. The predicted molar refractivity (Wildman–Crippen MR) is 55.2 cm³/mol. The van der Waals surface area contributed by atoms with E-state index >= 15 is 0 Å². The van der Waals surface area contributed by atoms with E-state index in [1.54, 1.807) is 32.5 Å². The topological polar surface area (TPSA) is 67.2 Å². The Morgan fingerprint density at radius 2 is 2.27 bits per heavy atom. The van der Waals surface area contributed by atoms with Crippen LogP contribution >= 0.6 is 0 Å². The maximum atomic E-state index is 8.78. The molecule has 5 nitrogen and oxygen atoms in total. The first kappa shape index (κ1) is 11.4. The Kier molecular flexibility index (Phi) is 4.54. The fourth-order valence-electron chi connectivity index (χ4n) is 1.09. The molecule has 80 valence electrons. The number of pyridine rings is 1. The van der Waals surface area contributed by atoms with Gasteiger partial charge in [-0.1, -0.05) is 0 Å². The van der Waals surface area contributed by atoms with E-state index in [0.717, 1.165) is 0 Å². The van der Waals surface area contributed by atoms with E-state index in [1.807, 2.05) is 6.07 Å². The normalized spacial score (nSPS) is 10.0. The van der Waals surface area contributed by atoms with Crippen LogP contribution in [0, 0.1) is 11.3 Å². The van der Waals surface area contributed by atoms with Gasteiger partial charge in [-0.15, -0.1) is 0 Å². The van der Waals surface area contributed by atoms with Crippen LogP contribution in [0.4, 0.5) is 5.69 Å². The molecular formula is C10H13N3O2. The maximum Gasteiger partial charge on any atom is 0.173 e. The summed E-state index contributed by atoms with van der Waals surface area (Å²) in [6, 6.07) is 5.55. The van der Waals surface area contributed by atoms with E-state index in [-0.39, 0.29) is 6.29 Å². The van der Waals surface area contributed by atoms with Crippen molar-refractivity contribution in [2.75, 3.05) is 26.1 Å². The second kappa shape index (κ2) is 5.96. The number of nitrogens with zero attached hydrogens (tertiary/aromatic N) is 2. The third-order valence-corrected chi connectivity index (χ3v) is 1.90. The van der Waals surface area contributed by atoms with Gasteiger partial charge in [0.15, 0.2) is 12.0 Å². The molecule has 0 saturated heterocycles.